The van der Waals surface area contributed by atoms with Gasteiger partial charge >= 0.3 is 0 Å². The Balaban J connectivity index is 1.68. The highest BCUT2D eigenvalue weighted by molar-refractivity contribution is 5.50. The third-order valence-corrected chi connectivity index (χ3v) is 7.00. The Bertz CT molecular complexity index is 923. The van der Waals surface area contributed by atoms with Crippen molar-refractivity contribution < 1.29 is 23.7 Å². The minimum atomic E-state index is -0.803. The molecule has 0 aliphatic heterocycles. The Kier molecular flexibility index (Phi) is 8.24. The van der Waals surface area contributed by atoms with Crippen LogP contribution < -0.4 is 14.2 Å². The number of ether oxygens (including phenoxy) is 3. The summed E-state index contributed by atoms with van der Waals surface area (Å²) in [5.74, 6) is 2.24. The van der Waals surface area contributed by atoms with Crippen LogP contribution in [-0.2, 0) is 12.8 Å². The lowest BCUT2D eigenvalue weighted by Crippen LogP contribution is -2.45. The fourth-order valence-electron chi connectivity index (χ4n) is 5.27. The zero-order chi connectivity index (χ0) is 24.2. The Morgan fingerprint density at radius 1 is 1.06 bits per heavy atom. The van der Waals surface area contributed by atoms with Crippen molar-refractivity contribution in [1.82, 2.24) is 4.90 Å². The first-order valence-corrected chi connectivity index (χ1v) is 11.7. The Morgan fingerprint density at radius 3 is 2.30 bits per heavy atom. The van der Waals surface area contributed by atoms with Gasteiger partial charge in [0.25, 0.3) is 0 Å². The van der Waals surface area contributed by atoms with Crippen molar-refractivity contribution in [2.45, 2.75) is 51.0 Å². The number of benzene rings is 2. The number of aryl methyl sites for hydroxylation is 1. The van der Waals surface area contributed by atoms with E-state index in [0.717, 1.165) is 47.7 Å². The predicted octanol–water partition coefficient (Wildman–Crippen LogP) is 4.83. The normalized spacial score (nSPS) is 20.1. The molecular formula is C27H38FNO4. The summed E-state index contributed by atoms with van der Waals surface area (Å²) >= 11 is 0. The lowest BCUT2D eigenvalue weighted by Gasteiger charge is -2.44. The quantitative estimate of drug-likeness (QED) is 0.551. The fraction of sp³-hybridized carbons (Fsp3) is 0.556. The van der Waals surface area contributed by atoms with Gasteiger partial charge in [-0.2, -0.15) is 0 Å². The number of rotatable bonds is 10. The molecule has 0 saturated heterocycles. The highest BCUT2D eigenvalue weighted by Gasteiger charge is 2.43. The third kappa shape index (κ3) is 5.61. The molecule has 0 radical (unpaired) electrons. The van der Waals surface area contributed by atoms with Gasteiger partial charge in [-0.3, -0.25) is 0 Å². The lowest BCUT2D eigenvalue weighted by atomic mass is 9.66. The Hall–Kier alpha value is -2.31. The topological polar surface area (TPSA) is 51.2 Å². The van der Waals surface area contributed by atoms with Crippen molar-refractivity contribution in [3.05, 3.63) is 52.8 Å². The molecule has 2 aromatic rings. The molecule has 3 rings (SSSR count). The number of methoxy groups -OCH3 is 3. The van der Waals surface area contributed by atoms with Gasteiger partial charge in [-0.15, -0.1) is 0 Å². The molecule has 0 heterocycles. The van der Waals surface area contributed by atoms with Crippen LogP contribution in [0.2, 0.25) is 0 Å². The van der Waals surface area contributed by atoms with E-state index in [0.29, 0.717) is 25.0 Å². The summed E-state index contributed by atoms with van der Waals surface area (Å²) in [6.45, 7) is 5.83. The molecule has 2 aromatic carbocycles. The number of aliphatic hydroxyl groups is 1. The molecule has 0 amide bonds. The summed E-state index contributed by atoms with van der Waals surface area (Å²) < 4.78 is 30.2. The van der Waals surface area contributed by atoms with E-state index in [1.165, 1.54) is 6.07 Å². The molecule has 33 heavy (non-hydrogen) atoms. The second-order valence-electron chi connectivity index (χ2n) is 9.48. The van der Waals surface area contributed by atoms with E-state index in [4.69, 9.17) is 14.2 Å². The maximum atomic E-state index is 13.8. The van der Waals surface area contributed by atoms with Crippen molar-refractivity contribution in [3.63, 3.8) is 0 Å². The number of hydrogen-bond acceptors (Lipinski definition) is 5. The molecule has 0 fully saturated rings. The van der Waals surface area contributed by atoms with Crippen LogP contribution in [0.15, 0.2) is 30.3 Å². The van der Waals surface area contributed by atoms with E-state index in [2.05, 4.69) is 25.8 Å². The highest BCUT2D eigenvalue weighted by Crippen LogP contribution is 2.45. The molecule has 182 valence electrons. The lowest BCUT2D eigenvalue weighted by molar-refractivity contribution is -0.0300. The third-order valence-electron chi connectivity index (χ3n) is 7.00. The van der Waals surface area contributed by atoms with Crippen LogP contribution in [0.4, 0.5) is 4.39 Å². The molecule has 1 aliphatic carbocycles. The van der Waals surface area contributed by atoms with Crippen molar-refractivity contribution in [1.29, 1.82) is 0 Å². The van der Waals surface area contributed by atoms with Gasteiger partial charge in [0.05, 0.1) is 26.9 Å². The molecule has 0 spiro atoms. The van der Waals surface area contributed by atoms with Gasteiger partial charge in [0.15, 0.2) is 0 Å². The number of fused-ring (bicyclic) bond motifs is 1. The molecule has 5 nitrogen and oxygen atoms in total. The molecule has 0 bridgehead atoms. The number of nitrogens with zero attached hydrogens (tertiary/aromatic N) is 1. The molecule has 2 atom stereocenters. The Labute approximate surface area is 197 Å². The monoisotopic (exact) mass is 459 g/mol. The van der Waals surface area contributed by atoms with Crippen LogP contribution in [0.1, 0.15) is 49.3 Å². The van der Waals surface area contributed by atoms with Crippen molar-refractivity contribution in [2.24, 2.45) is 5.92 Å². The summed E-state index contributed by atoms with van der Waals surface area (Å²) in [7, 11) is 6.99. The average Bonchev–Trinajstić information content (AvgIpc) is 2.80. The first-order valence-electron chi connectivity index (χ1n) is 11.7. The molecule has 0 aromatic heterocycles. The zero-order valence-electron chi connectivity index (χ0n) is 20.8. The van der Waals surface area contributed by atoms with Gasteiger partial charge in [-0.05, 0) is 61.9 Å². The number of likely N-dealkylation sites (N-methyl/N-ethyl adjacent to an activating group) is 1. The summed E-state index contributed by atoms with van der Waals surface area (Å²) in [4.78, 5) is 2.23. The van der Waals surface area contributed by atoms with Crippen molar-refractivity contribution in [3.8, 4) is 17.2 Å². The van der Waals surface area contributed by atoms with Crippen LogP contribution in [0.5, 0.6) is 17.2 Å². The molecule has 0 unspecified atom stereocenters. The smallest absolute Gasteiger partial charge is 0.129 e. The van der Waals surface area contributed by atoms with Crippen LogP contribution in [-0.4, -0.2) is 57.1 Å². The average molecular weight is 460 g/mol. The summed E-state index contributed by atoms with van der Waals surface area (Å²) in [6, 6.07) is 8.76. The summed E-state index contributed by atoms with van der Waals surface area (Å²) in [5, 5.41) is 11.7. The van der Waals surface area contributed by atoms with Gasteiger partial charge in [0.1, 0.15) is 23.1 Å². The second kappa shape index (κ2) is 10.7. The summed E-state index contributed by atoms with van der Waals surface area (Å²) in [5.41, 5.74) is 2.32. The summed E-state index contributed by atoms with van der Waals surface area (Å²) in [6.07, 6.45) is 2.78. The van der Waals surface area contributed by atoms with Gasteiger partial charge in [0, 0.05) is 36.7 Å². The van der Waals surface area contributed by atoms with Crippen LogP contribution >= 0.6 is 0 Å². The van der Waals surface area contributed by atoms with E-state index in [1.807, 2.05) is 18.2 Å². The van der Waals surface area contributed by atoms with Gasteiger partial charge < -0.3 is 24.2 Å². The van der Waals surface area contributed by atoms with Crippen molar-refractivity contribution in [2.75, 3.05) is 41.5 Å². The van der Waals surface area contributed by atoms with Crippen LogP contribution in [0, 0.1) is 11.7 Å². The standard InChI is InChI=1S/C27H38FNO4/c1-18(2)26-22-8-7-20(28)15-19(22)9-11-27(26,30)12-14-29(3)13-10-23-24(32-5)16-21(31-4)17-25(23)33-6/h7-8,15-18,26,30H,9-14H2,1-6H3/t26-,27-/m0/s1. The predicted molar refractivity (Wildman–Crippen MR) is 129 cm³/mol. The second-order valence-corrected chi connectivity index (χ2v) is 9.48. The Morgan fingerprint density at radius 2 is 1.73 bits per heavy atom. The fourth-order valence-corrected chi connectivity index (χ4v) is 5.27. The van der Waals surface area contributed by atoms with E-state index in [1.54, 1.807) is 27.4 Å². The minimum absolute atomic E-state index is 0.00275. The SMILES string of the molecule is COc1cc(OC)c(CCN(C)CC[C@@]2(O)CCc3cc(F)ccc3[C@@H]2C(C)C)c(OC)c1. The van der Waals surface area contributed by atoms with Crippen LogP contribution in [0.3, 0.4) is 0 Å². The maximum Gasteiger partial charge on any atom is 0.129 e. The maximum absolute atomic E-state index is 13.8. The molecule has 0 saturated carbocycles. The van der Waals surface area contributed by atoms with Gasteiger partial charge in [-0.1, -0.05) is 19.9 Å². The first-order chi connectivity index (χ1) is 15.7. The molecule has 1 aliphatic rings. The zero-order valence-corrected chi connectivity index (χ0v) is 20.8. The number of hydrogen-bond donors (Lipinski definition) is 1. The van der Waals surface area contributed by atoms with E-state index >= 15 is 0 Å². The van der Waals surface area contributed by atoms with E-state index in [-0.39, 0.29) is 17.7 Å². The van der Waals surface area contributed by atoms with Crippen molar-refractivity contribution >= 4 is 0 Å². The largest absolute Gasteiger partial charge is 0.496 e. The molecular weight excluding hydrogens is 421 g/mol. The first kappa shape index (κ1) is 25.3. The number of halogens is 1. The van der Waals surface area contributed by atoms with Crippen LogP contribution in [0.25, 0.3) is 0 Å². The van der Waals surface area contributed by atoms with E-state index < -0.39 is 5.60 Å². The minimum Gasteiger partial charge on any atom is -0.496 e. The molecule has 6 heteroatoms. The highest BCUT2D eigenvalue weighted by atomic mass is 19.1. The molecule has 1 N–H and O–H groups in total. The van der Waals surface area contributed by atoms with Gasteiger partial charge in [-0.25, -0.2) is 4.39 Å². The van der Waals surface area contributed by atoms with Gasteiger partial charge in [0.2, 0.25) is 0 Å². The van der Waals surface area contributed by atoms with E-state index in [9.17, 15) is 9.50 Å².